The number of carbonyl (C=O) groups is 2. The van der Waals surface area contributed by atoms with Gasteiger partial charge in [-0.15, -0.1) is 12.4 Å². The average molecular weight is 312 g/mol. The van der Waals surface area contributed by atoms with E-state index in [0.29, 0.717) is 18.0 Å². The molecule has 1 fully saturated rings. The number of halogens is 1. The molecule has 0 unspecified atom stereocenters. The van der Waals surface area contributed by atoms with Crippen LogP contribution in [0.25, 0.3) is 0 Å². The highest BCUT2D eigenvalue weighted by atomic mass is 35.5. The van der Waals surface area contributed by atoms with Crippen LogP contribution in [-0.2, 0) is 9.59 Å². The van der Waals surface area contributed by atoms with Gasteiger partial charge in [0.05, 0.1) is 5.54 Å². The van der Waals surface area contributed by atoms with Crippen LogP contribution in [0.1, 0.15) is 33.1 Å². The van der Waals surface area contributed by atoms with Gasteiger partial charge in [-0.2, -0.15) is 0 Å². The molecule has 1 aliphatic rings. The van der Waals surface area contributed by atoms with Crippen LogP contribution in [0.15, 0.2) is 24.3 Å². The van der Waals surface area contributed by atoms with Crippen molar-refractivity contribution in [1.82, 2.24) is 0 Å². The standard InChI is InChI=1S/C15H21N3O2.ClH/c1-10(2)9-13(19)17-11-3-5-12(6-4-11)18-14(20)15(16)7-8-15;/h3-6,10H,7-9,16H2,1-2H3,(H,17,19)(H,18,20);1H. The molecule has 0 aromatic heterocycles. The lowest BCUT2D eigenvalue weighted by Gasteiger charge is -2.11. The van der Waals surface area contributed by atoms with Gasteiger partial charge in [0, 0.05) is 17.8 Å². The molecule has 0 aliphatic heterocycles. The predicted octanol–water partition coefficient (Wildman–Crippen LogP) is 2.52. The third kappa shape index (κ3) is 5.02. The first-order valence-corrected chi connectivity index (χ1v) is 6.89. The number of nitrogens with two attached hydrogens (primary N) is 1. The fourth-order valence-electron chi connectivity index (χ4n) is 1.84. The Kier molecular flexibility index (Phi) is 5.75. The predicted molar refractivity (Wildman–Crippen MR) is 86.6 cm³/mol. The van der Waals surface area contributed by atoms with Crippen molar-refractivity contribution in [2.75, 3.05) is 10.6 Å². The van der Waals surface area contributed by atoms with Crippen LogP contribution in [0.3, 0.4) is 0 Å². The van der Waals surface area contributed by atoms with Crippen molar-refractivity contribution < 1.29 is 9.59 Å². The second kappa shape index (κ2) is 6.91. The molecule has 2 amide bonds. The number of rotatable bonds is 5. The largest absolute Gasteiger partial charge is 0.326 e. The molecule has 0 atom stereocenters. The maximum Gasteiger partial charge on any atom is 0.244 e. The summed E-state index contributed by atoms with van der Waals surface area (Å²) in [6, 6.07) is 7.05. The highest BCUT2D eigenvalue weighted by Gasteiger charge is 2.45. The van der Waals surface area contributed by atoms with Crippen LogP contribution >= 0.6 is 12.4 Å². The SMILES string of the molecule is CC(C)CC(=O)Nc1ccc(NC(=O)C2(N)CC2)cc1.Cl. The van der Waals surface area contributed by atoms with Gasteiger partial charge in [-0.1, -0.05) is 13.8 Å². The van der Waals surface area contributed by atoms with Gasteiger partial charge in [-0.25, -0.2) is 0 Å². The maximum absolute atomic E-state index is 11.8. The minimum atomic E-state index is -0.676. The Balaban J connectivity index is 0.00000220. The number of hydrogen-bond donors (Lipinski definition) is 3. The van der Waals surface area contributed by atoms with E-state index in [1.807, 2.05) is 13.8 Å². The summed E-state index contributed by atoms with van der Waals surface area (Å²) >= 11 is 0. The second-order valence-electron chi connectivity index (χ2n) is 5.83. The molecule has 5 nitrogen and oxygen atoms in total. The first-order chi connectivity index (χ1) is 9.39. The molecule has 1 saturated carbocycles. The Labute approximate surface area is 131 Å². The zero-order valence-corrected chi connectivity index (χ0v) is 13.1. The van der Waals surface area contributed by atoms with Crippen molar-refractivity contribution in [2.45, 2.75) is 38.6 Å². The summed E-state index contributed by atoms with van der Waals surface area (Å²) in [5, 5.41) is 5.60. The molecule has 6 heteroatoms. The number of hydrogen-bond acceptors (Lipinski definition) is 3. The lowest BCUT2D eigenvalue weighted by Crippen LogP contribution is -2.37. The van der Waals surface area contributed by atoms with E-state index in [0.717, 1.165) is 18.5 Å². The van der Waals surface area contributed by atoms with Gasteiger partial charge in [0.25, 0.3) is 0 Å². The van der Waals surface area contributed by atoms with Crippen molar-refractivity contribution in [2.24, 2.45) is 11.7 Å². The van der Waals surface area contributed by atoms with Crippen molar-refractivity contribution in [3.05, 3.63) is 24.3 Å². The average Bonchev–Trinajstić information content (AvgIpc) is 3.10. The quantitative estimate of drug-likeness (QED) is 0.781. The molecule has 0 radical (unpaired) electrons. The van der Waals surface area contributed by atoms with Gasteiger partial charge in [0.2, 0.25) is 11.8 Å². The van der Waals surface area contributed by atoms with E-state index in [-0.39, 0.29) is 24.2 Å². The van der Waals surface area contributed by atoms with Crippen molar-refractivity contribution in [3.8, 4) is 0 Å². The number of anilines is 2. The highest BCUT2D eigenvalue weighted by Crippen LogP contribution is 2.33. The lowest BCUT2D eigenvalue weighted by molar-refractivity contribution is -0.118. The van der Waals surface area contributed by atoms with E-state index >= 15 is 0 Å². The molecule has 21 heavy (non-hydrogen) atoms. The van der Waals surface area contributed by atoms with E-state index < -0.39 is 5.54 Å². The molecular weight excluding hydrogens is 290 g/mol. The molecule has 1 aromatic rings. The van der Waals surface area contributed by atoms with Gasteiger partial charge in [-0.05, 0) is 43.0 Å². The second-order valence-corrected chi connectivity index (χ2v) is 5.83. The molecule has 1 aromatic carbocycles. The molecule has 116 valence electrons. The van der Waals surface area contributed by atoms with Crippen LogP contribution in [-0.4, -0.2) is 17.4 Å². The Morgan fingerprint density at radius 3 is 2.05 bits per heavy atom. The molecular formula is C15H22ClN3O2. The third-order valence-corrected chi connectivity index (χ3v) is 3.26. The van der Waals surface area contributed by atoms with Gasteiger partial charge >= 0.3 is 0 Å². The summed E-state index contributed by atoms with van der Waals surface area (Å²) in [4.78, 5) is 23.4. The van der Waals surface area contributed by atoms with E-state index in [4.69, 9.17) is 5.73 Å². The summed E-state index contributed by atoms with van der Waals surface area (Å²) in [6.45, 7) is 4.00. The monoisotopic (exact) mass is 311 g/mol. The number of amides is 2. The van der Waals surface area contributed by atoms with Crippen LogP contribution in [0.5, 0.6) is 0 Å². The van der Waals surface area contributed by atoms with Crippen LogP contribution in [0, 0.1) is 5.92 Å². The number of nitrogens with one attached hydrogen (secondary N) is 2. The van der Waals surface area contributed by atoms with Gasteiger partial charge < -0.3 is 16.4 Å². The molecule has 2 rings (SSSR count). The Morgan fingerprint density at radius 1 is 1.14 bits per heavy atom. The van der Waals surface area contributed by atoms with Gasteiger partial charge in [-0.3, -0.25) is 9.59 Å². The molecule has 0 bridgehead atoms. The Morgan fingerprint density at radius 2 is 1.62 bits per heavy atom. The smallest absolute Gasteiger partial charge is 0.244 e. The molecule has 4 N–H and O–H groups in total. The normalized spacial score (nSPS) is 15.0. The first kappa shape index (κ1) is 17.5. The summed E-state index contributed by atoms with van der Waals surface area (Å²) < 4.78 is 0. The highest BCUT2D eigenvalue weighted by molar-refractivity contribution is 6.00. The zero-order valence-electron chi connectivity index (χ0n) is 12.3. The van der Waals surface area contributed by atoms with Crippen LogP contribution < -0.4 is 16.4 Å². The van der Waals surface area contributed by atoms with Gasteiger partial charge in [0.15, 0.2) is 0 Å². The molecule has 1 aliphatic carbocycles. The Bertz CT molecular complexity index is 510. The maximum atomic E-state index is 11.8. The number of carbonyl (C=O) groups excluding carboxylic acids is 2. The third-order valence-electron chi connectivity index (χ3n) is 3.26. The van der Waals surface area contributed by atoms with E-state index in [1.165, 1.54) is 0 Å². The first-order valence-electron chi connectivity index (χ1n) is 6.89. The van der Waals surface area contributed by atoms with Crippen molar-refractivity contribution in [1.29, 1.82) is 0 Å². The molecule has 0 heterocycles. The van der Waals surface area contributed by atoms with Crippen molar-refractivity contribution >= 4 is 35.6 Å². The zero-order chi connectivity index (χ0) is 14.8. The van der Waals surface area contributed by atoms with Gasteiger partial charge in [0.1, 0.15) is 0 Å². The fourth-order valence-corrected chi connectivity index (χ4v) is 1.84. The molecule has 0 saturated heterocycles. The summed E-state index contributed by atoms with van der Waals surface area (Å²) in [6.07, 6.45) is 1.97. The van der Waals surface area contributed by atoms with Crippen LogP contribution in [0.2, 0.25) is 0 Å². The molecule has 0 spiro atoms. The van der Waals surface area contributed by atoms with Crippen LogP contribution in [0.4, 0.5) is 11.4 Å². The summed E-state index contributed by atoms with van der Waals surface area (Å²) in [5.74, 6) is 0.178. The Hall–Kier alpha value is -1.59. The van der Waals surface area contributed by atoms with E-state index in [1.54, 1.807) is 24.3 Å². The van der Waals surface area contributed by atoms with E-state index in [2.05, 4.69) is 10.6 Å². The minimum absolute atomic E-state index is 0. The summed E-state index contributed by atoms with van der Waals surface area (Å²) in [7, 11) is 0. The fraction of sp³-hybridized carbons (Fsp3) is 0.467. The lowest BCUT2D eigenvalue weighted by atomic mass is 10.1. The minimum Gasteiger partial charge on any atom is -0.326 e. The summed E-state index contributed by atoms with van der Waals surface area (Å²) in [5.41, 5.74) is 6.55. The van der Waals surface area contributed by atoms with Crippen molar-refractivity contribution in [3.63, 3.8) is 0 Å². The topological polar surface area (TPSA) is 84.2 Å². The van der Waals surface area contributed by atoms with E-state index in [9.17, 15) is 9.59 Å². The number of benzene rings is 1.